The van der Waals surface area contributed by atoms with Crippen LogP contribution in [0.5, 0.6) is 5.75 Å². The first-order chi connectivity index (χ1) is 11.3. The molecule has 0 spiro atoms. The number of nitrogens with one attached hydrogen (secondary N) is 1. The van der Waals surface area contributed by atoms with Gasteiger partial charge in [0, 0.05) is 0 Å². The standard InChI is InChI=1S/C21H18NO/c22-15-20(16-7-3-1-4-8-16)21(17-9-5-2-6-10-17)18-11-13-19(23)14-12-18/h1-14,22-23H,15H2/q-1/b21-20-. The van der Waals surface area contributed by atoms with Gasteiger partial charge in [-0.2, -0.15) is 0 Å². The fourth-order valence-corrected chi connectivity index (χ4v) is 2.72. The Morgan fingerprint density at radius 2 is 1.13 bits per heavy atom. The molecular weight excluding hydrogens is 282 g/mol. The molecule has 2 nitrogen and oxygen atoms in total. The second kappa shape index (κ2) is 6.95. The summed E-state index contributed by atoms with van der Waals surface area (Å²) in [6.07, 6.45) is 0. The molecule has 0 bridgehead atoms. The molecule has 3 aromatic carbocycles. The van der Waals surface area contributed by atoms with Gasteiger partial charge in [0.25, 0.3) is 0 Å². The molecular formula is C21H18NO-. The van der Waals surface area contributed by atoms with Crippen molar-refractivity contribution in [3.63, 3.8) is 0 Å². The molecule has 0 aromatic heterocycles. The van der Waals surface area contributed by atoms with E-state index in [0.29, 0.717) is 0 Å². The maximum Gasteiger partial charge on any atom is 0.115 e. The molecule has 2 heteroatoms. The Morgan fingerprint density at radius 1 is 0.652 bits per heavy atom. The number of rotatable bonds is 4. The lowest BCUT2D eigenvalue weighted by Crippen LogP contribution is -1.97. The van der Waals surface area contributed by atoms with Crippen LogP contribution in [0, 0.1) is 0 Å². The molecule has 0 unspecified atom stereocenters. The van der Waals surface area contributed by atoms with Crippen LogP contribution in [-0.2, 0) is 0 Å². The predicted molar refractivity (Wildman–Crippen MR) is 96.1 cm³/mol. The first-order valence-electron chi connectivity index (χ1n) is 7.57. The van der Waals surface area contributed by atoms with E-state index in [1.165, 1.54) is 0 Å². The first kappa shape index (κ1) is 15.1. The van der Waals surface area contributed by atoms with E-state index in [2.05, 4.69) is 12.1 Å². The summed E-state index contributed by atoms with van der Waals surface area (Å²) in [5, 5.41) is 9.57. The average molecular weight is 300 g/mol. The van der Waals surface area contributed by atoms with Crippen molar-refractivity contribution in [3.8, 4) is 5.75 Å². The SMILES string of the molecule is [NH-]C/C(=C(\c1ccccc1)c1ccc(O)cc1)c1ccccc1. The molecule has 0 heterocycles. The molecule has 3 aromatic rings. The van der Waals surface area contributed by atoms with Crippen LogP contribution in [0.15, 0.2) is 84.9 Å². The number of phenols is 1. The molecule has 0 radical (unpaired) electrons. The molecule has 3 rings (SSSR count). The maximum absolute atomic E-state index is 9.57. The molecule has 0 aliphatic carbocycles. The molecule has 114 valence electrons. The van der Waals surface area contributed by atoms with Crippen LogP contribution >= 0.6 is 0 Å². The number of hydrogen-bond donors (Lipinski definition) is 1. The van der Waals surface area contributed by atoms with Crippen LogP contribution in [0.4, 0.5) is 0 Å². The smallest absolute Gasteiger partial charge is 0.115 e. The average Bonchev–Trinajstić information content (AvgIpc) is 2.62. The van der Waals surface area contributed by atoms with Crippen molar-refractivity contribution in [3.05, 3.63) is 107 Å². The van der Waals surface area contributed by atoms with Gasteiger partial charge in [0.15, 0.2) is 0 Å². The summed E-state index contributed by atoms with van der Waals surface area (Å²) in [6, 6.07) is 27.3. The lowest BCUT2D eigenvalue weighted by molar-refractivity contribution is 0.475. The molecule has 0 amide bonds. The van der Waals surface area contributed by atoms with Gasteiger partial charge in [-0.1, -0.05) is 78.4 Å². The van der Waals surface area contributed by atoms with Crippen LogP contribution in [0.2, 0.25) is 0 Å². The van der Waals surface area contributed by atoms with E-state index < -0.39 is 0 Å². The fraction of sp³-hybridized carbons (Fsp3) is 0.0476. The van der Waals surface area contributed by atoms with Crippen molar-refractivity contribution in [2.24, 2.45) is 0 Å². The largest absolute Gasteiger partial charge is 0.674 e. The van der Waals surface area contributed by atoms with Gasteiger partial charge < -0.3 is 10.8 Å². The van der Waals surface area contributed by atoms with Crippen molar-refractivity contribution in [1.29, 1.82) is 0 Å². The second-order valence-corrected chi connectivity index (χ2v) is 5.31. The molecule has 0 saturated carbocycles. The van der Waals surface area contributed by atoms with E-state index in [4.69, 9.17) is 5.73 Å². The molecule has 0 aliphatic heterocycles. The summed E-state index contributed by atoms with van der Waals surface area (Å²) in [4.78, 5) is 0. The summed E-state index contributed by atoms with van der Waals surface area (Å²) in [5.41, 5.74) is 13.2. The van der Waals surface area contributed by atoms with Crippen LogP contribution in [0.3, 0.4) is 0 Å². The Kier molecular flexibility index (Phi) is 4.55. The Balaban J connectivity index is 2.26. The van der Waals surface area contributed by atoms with Crippen LogP contribution in [0.25, 0.3) is 16.9 Å². The minimum atomic E-state index is 0.190. The Labute approximate surface area is 136 Å². The van der Waals surface area contributed by atoms with Crippen LogP contribution in [0.1, 0.15) is 16.7 Å². The molecule has 0 fully saturated rings. The third kappa shape index (κ3) is 3.33. The summed E-state index contributed by atoms with van der Waals surface area (Å²) in [7, 11) is 0. The van der Waals surface area contributed by atoms with Crippen molar-refractivity contribution >= 4 is 11.1 Å². The zero-order chi connectivity index (χ0) is 16.1. The Morgan fingerprint density at radius 3 is 1.65 bits per heavy atom. The minimum absolute atomic E-state index is 0.190. The predicted octanol–water partition coefficient (Wildman–Crippen LogP) is 5.40. The Hall–Kier alpha value is -2.84. The van der Waals surface area contributed by atoms with Crippen LogP contribution in [-0.4, -0.2) is 11.7 Å². The monoisotopic (exact) mass is 300 g/mol. The highest BCUT2D eigenvalue weighted by Crippen LogP contribution is 2.33. The van der Waals surface area contributed by atoms with Gasteiger partial charge in [0.2, 0.25) is 0 Å². The normalized spacial score (nSPS) is 11.9. The quantitative estimate of drug-likeness (QED) is 0.644. The topological polar surface area (TPSA) is 44.0 Å². The molecule has 2 N–H and O–H groups in total. The fourth-order valence-electron chi connectivity index (χ4n) is 2.72. The summed E-state index contributed by atoms with van der Waals surface area (Å²) < 4.78 is 0. The van der Waals surface area contributed by atoms with E-state index in [1.807, 2.05) is 60.7 Å². The van der Waals surface area contributed by atoms with Crippen molar-refractivity contribution in [1.82, 2.24) is 0 Å². The Bertz CT molecular complexity index is 790. The minimum Gasteiger partial charge on any atom is -0.674 e. The number of phenolic OH excluding ortho intramolecular Hbond substituents is 1. The zero-order valence-corrected chi connectivity index (χ0v) is 12.7. The van der Waals surface area contributed by atoms with Gasteiger partial charge >= 0.3 is 0 Å². The molecule has 0 atom stereocenters. The number of hydrogen-bond acceptors (Lipinski definition) is 1. The highest BCUT2D eigenvalue weighted by molar-refractivity contribution is 5.99. The van der Waals surface area contributed by atoms with Gasteiger partial charge in [-0.25, -0.2) is 0 Å². The highest BCUT2D eigenvalue weighted by atomic mass is 16.3. The highest BCUT2D eigenvalue weighted by Gasteiger charge is 2.11. The van der Waals surface area contributed by atoms with Gasteiger partial charge in [-0.3, -0.25) is 0 Å². The van der Waals surface area contributed by atoms with Crippen LogP contribution < -0.4 is 0 Å². The maximum atomic E-state index is 9.57. The van der Waals surface area contributed by atoms with Gasteiger partial charge in [-0.15, -0.1) is 6.54 Å². The van der Waals surface area contributed by atoms with E-state index >= 15 is 0 Å². The van der Waals surface area contributed by atoms with Crippen molar-refractivity contribution in [2.45, 2.75) is 0 Å². The molecule has 0 saturated heterocycles. The third-order valence-corrected chi connectivity index (χ3v) is 3.82. The van der Waals surface area contributed by atoms with E-state index in [0.717, 1.165) is 27.8 Å². The first-order valence-corrected chi connectivity index (χ1v) is 7.57. The summed E-state index contributed by atoms with van der Waals surface area (Å²) >= 11 is 0. The van der Waals surface area contributed by atoms with Crippen molar-refractivity contribution < 1.29 is 5.11 Å². The molecule has 23 heavy (non-hydrogen) atoms. The van der Waals surface area contributed by atoms with Crippen molar-refractivity contribution in [2.75, 3.05) is 6.54 Å². The zero-order valence-electron chi connectivity index (χ0n) is 12.7. The second-order valence-electron chi connectivity index (χ2n) is 5.31. The third-order valence-electron chi connectivity index (χ3n) is 3.82. The van der Waals surface area contributed by atoms with Gasteiger partial charge in [-0.05, 0) is 34.4 Å². The van der Waals surface area contributed by atoms with E-state index in [-0.39, 0.29) is 12.3 Å². The molecule has 0 aliphatic rings. The van der Waals surface area contributed by atoms with E-state index in [9.17, 15) is 5.11 Å². The number of benzene rings is 3. The lowest BCUT2D eigenvalue weighted by Gasteiger charge is -2.19. The summed E-state index contributed by atoms with van der Waals surface area (Å²) in [5.74, 6) is 0.244. The van der Waals surface area contributed by atoms with Gasteiger partial charge in [0.1, 0.15) is 5.75 Å². The van der Waals surface area contributed by atoms with Gasteiger partial charge in [0.05, 0.1) is 0 Å². The lowest BCUT2D eigenvalue weighted by atomic mass is 9.89. The van der Waals surface area contributed by atoms with E-state index in [1.54, 1.807) is 12.1 Å². The summed E-state index contributed by atoms with van der Waals surface area (Å²) in [6.45, 7) is 0.190. The number of aromatic hydroxyl groups is 1.